The van der Waals surface area contributed by atoms with Crippen molar-refractivity contribution in [2.45, 2.75) is 84.1 Å². The van der Waals surface area contributed by atoms with Crippen molar-refractivity contribution in [3.63, 3.8) is 0 Å². The van der Waals surface area contributed by atoms with E-state index in [4.69, 9.17) is 5.11 Å². The van der Waals surface area contributed by atoms with Crippen LogP contribution in [0.25, 0.3) is 0 Å². The molecule has 0 aromatic heterocycles. The van der Waals surface area contributed by atoms with E-state index in [-0.39, 0.29) is 0 Å². The van der Waals surface area contributed by atoms with Gasteiger partial charge in [-0.2, -0.15) is 0 Å². The first-order valence-electron chi connectivity index (χ1n) is 7.64. The minimum atomic E-state index is -0.762. The quantitative estimate of drug-likeness (QED) is 0.491. The summed E-state index contributed by atoms with van der Waals surface area (Å²) in [6.07, 6.45) is 13.2. The first kappa shape index (κ1) is 17.4. The lowest BCUT2D eigenvalue weighted by atomic mass is 10.1. The second kappa shape index (κ2) is 12.9. The molecule has 2 N–H and O–H groups in total. The van der Waals surface area contributed by atoms with Crippen LogP contribution in [0.1, 0.15) is 78.1 Å². The highest BCUT2D eigenvalue weighted by molar-refractivity contribution is 5.72. The van der Waals surface area contributed by atoms with E-state index < -0.39 is 12.0 Å². The minimum Gasteiger partial charge on any atom is -0.480 e. The molecule has 0 radical (unpaired) electrons. The number of hydrogen-bond acceptors (Lipinski definition) is 2. The summed E-state index contributed by atoms with van der Waals surface area (Å²) in [5.74, 6) is -0.762. The summed E-state index contributed by atoms with van der Waals surface area (Å²) >= 11 is 0. The van der Waals surface area contributed by atoms with Gasteiger partial charge < -0.3 is 10.4 Å². The summed E-state index contributed by atoms with van der Waals surface area (Å²) < 4.78 is 0. The first-order chi connectivity index (χ1) is 8.68. The fourth-order valence-corrected chi connectivity index (χ4v) is 2.02. The SMILES string of the molecule is CCCCCCCCCCCCNC(C)C(=O)O. The molecule has 0 saturated carbocycles. The molecule has 0 aliphatic rings. The molecule has 0 fully saturated rings. The Kier molecular flexibility index (Phi) is 12.5. The van der Waals surface area contributed by atoms with Crippen molar-refractivity contribution < 1.29 is 9.90 Å². The van der Waals surface area contributed by atoms with Crippen LogP contribution >= 0.6 is 0 Å². The summed E-state index contributed by atoms with van der Waals surface area (Å²) in [5, 5.41) is 11.7. The molecular formula is C15H31NO2. The molecular weight excluding hydrogens is 226 g/mol. The molecule has 0 aromatic rings. The van der Waals surface area contributed by atoms with Gasteiger partial charge in [0.1, 0.15) is 6.04 Å². The van der Waals surface area contributed by atoms with E-state index in [1.165, 1.54) is 57.8 Å². The maximum absolute atomic E-state index is 10.5. The van der Waals surface area contributed by atoms with Gasteiger partial charge in [0.05, 0.1) is 0 Å². The number of unbranched alkanes of at least 4 members (excludes halogenated alkanes) is 9. The highest BCUT2D eigenvalue weighted by atomic mass is 16.4. The van der Waals surface area contributed by atoms with Crippen LogP contribution in [0.4, 0.5) is 0 Å². The predicted octanol–water partition coefficient (Wildman–Crippen LogP) is 3.97. The monoisotopic (exact) mass is 257 g/mol. The summed E-state index contributed by atoms with van der Waals surface area (Å²) in [6, 6.07) is -0.413. The Morgan fingerprint density at radius 1 is 0.944 bits per heavy atom. The number of nitrogens with one attached hydrogen (secondary N) is 1. The molecule has 3 heteroatoms. The van der Waals surface area contributed by atoms with Crippen LogP contribution in [0.3, 0.4) is 0 Å². The molecule has 1 atom stereocenters. The Balaban J connectivity index is 3.05. The van der Waals surface area contributed by atoms with Gasteiger partial charge in [-0.1, -0.05) is 64.7 Å². The molecule has 0 spiro atoms. The van der Waals surface area contributed by atoms with Crippen LogP contribution in [0.2, 0.25) is 0 Å². The zero-order valence-electron chi connectivity index (χ0n) is 12.2. The summed E-state index contributed by atoms with van der Waals surface area (Å²) in [4.78, 5) is 10.5. The van der Waals surface area contributed by atoms with Crippen LogP contribution in [-0.4, -0.2) is 23.7 Å². The van der Waals surface area contributed by atoms with Crippen molar-refractivity contribution in [1.82, 2.24) is 5.32 Å². The molecule has 18 heavy (non-hydrogen) atoms. The smallest absolute Gasteiger partial charge is 0.320 e. The molecule has 0 aliphatic carbocycles. The molecule has 0 saturated heterocycles. The van der Waals surface area contributed by atoms with Crippen molar-refractivity contribution in [2.24, 2.45) is 0 Å². The van der Waals surface area contributed by atoms with Crippen molar-refractivity contribution in [3.05, 3.63) is 0 Å². The van der Waals surface area contributed by atoms with Crippen LogP contribution in [0.15, 0.2) is 0 Å². The molecule has 0 amide bonds. The highest BCUT2D eigenvalue weighted by Gasteiger charge is 2.07. The fourth-order valence-electron chi connectivity index (χ4n) is 2.02. The molecule has 108 valence electrons. The van der Waals surface area contributed by atoms with Crippen LogP contribution in [0, 0.1) is 0 Å². The third-order valence-electron chi connectivity index (χ3n) is 3.35. The Morgan fingerprint density at radius 3 is 1.83 bits per heavy atom. The van der Waals surface area contributed by atoms with Crippen molar-refractivity contribution in [2.75, 3.05) is 6.54 Å². The second-order valence-corrected chi connectivity index (χ2v) is 5.20. The van der Waals surface area contributed by atoms with E-state index in [0.717, 1.165) is 13.0 Å². The van der Waals surface area contributed by atoms with Crippen molar-refractivity contribution in [1.29, 1.82) is 0 Å². The standard InChI is InChI=1S/C15H31NO2/c1-3-4-5-6-7-8-9-10-11-12-13-16-14(2)15(17)18/h14,16H,3-13H2,1-2H3,(H,17,18). The average molecular weight is 257 g/mol. The summed E-state index contributed by atoms with van der Waals surface area (Å²) in [6.45, 7) is 4.77. The van der Waals surface area contributed by atoms with Crippen molar-refractivity contribution in [3.8, 4) is 0 Å². The topological polar surface area (TPSA) is 49.3 Å². The largest absolute Gasteiger partial charge is 0.480 e. The molecule has 0 heterocycles. The number of carbonyl (C=O) groups is 1. The van der Waals surface area contributed by atoms with Gasteiger partial charge in [-0.25, -0.2) is 0 Å². The number of aliphatic carboxylic acids is 1. The average Bonchev–Trinajstić information content (AvgIpc) is 2.35. The molecule has 0 rings (SSSR count). The van der Waals surface area contributed by atoms with Crippen molar-refractivity contribution >= 4 is 5.97 Å². The van der Waals surface area contributed by atoms with Crippen LogP contribution in [0.5, 0.6) is 0 Å². The predicted molar refractivity (Wildman–Crippen MR) is 76.9 cm³/mol. The lowest BCUT2D eigenvalue weighted by molar-refractivity contribution is -0.138. The van der Waals surface area contributed by atoms with E-state index in [9.17, 15) is 4.79 Å². The summed E-state index contributed by atoms with van der Waals surface area (Å²) in [5.41, 5.74) is 0. The first-order valence-corrected chi connectivity index (χ1v) is 7.64. The van der Waals surface area contributed by atoms with E-state index >= 15 is 0 Å². The van der Waals surface area contributed by atoms with Gasteiger partial charge in [0.25, 0.3) is 0 Å². The maximum atomic E-state index is 10.5. The lowest BCUT2D eigenvalue weighted by Gasteiger charge is -2.08. The molecule has 0 aliphatic heterocycles. The number of carboxylic acid groups (broad SMARTS) is 1. The highest BCUT2D eigenvalue weighted by Crippen LogP contribution is 2.10. The third kappa shape index (κ3) is 11.9. The number of rotatable bonds is 13. The maximum Gasteiger partial charge on any atom is 0.320 e. The summed E-state index contributed by atoms with van der Waals surface area (Å²) in [7, 11) is 0. The Bertz CT molecular complexity index is 195. The van der Waals surface area contributed by atoms with E-state index in [1.54, 1.807) is 6.92 Å². The zero-order chi connectivity index (χ0) is 13.6. The van der Waals surface area contributed by atoms with Crippen LogP contribution < -0.4 is 5.32 Å². The van der Waals surface area contributed by atoms with E-state index in [1.807, 2.05) is 0 Å². The lowest BCUT2D eigenvalue weighted by Crippen LogP contribution is -2.34. The molecule has 0 bridgehead atoms. The molecule has 1 unspecified atom stereocenters. The molecule has 3 nitrogen and oxygen atoms in total. The van der Waals surface area contributed by atoms with Gasteiger partial charge in [0.2, 0.25) is 0 Å². The van der Waals surface area contributed by atoms with E-state index in [2.05, 4.69) is 12.2 Å². The Hall–Kier alpha value is -0.570. The fraction of sp³-hybridized carbons (Fsp3) is 0.933. The van der Waals surface area contributed by atoms with Gasteiger partial charge in [0.15, 0.2) is 0 Å². The van der Waals surface area contributed by atoms with Gasteiger partial charge in [-0.15, -0.1) is 0 Å². The number of hydrogen-bond donors (Lipinski definition) is 2. The Labute approximate surface area is 112 Å². The normalized spacial score (nSPS) is 12.6. The second-order valence-electron chi connectivity index (χ2n) is 5.20. The van der Waals surface area contributed by atoms with Gasteiger partial charge in [0, 0.05) is 0 Å². The minimum absolute atomic E-state index is 0.413. The third-order valence-corrected chi connectivity index (χ3v) is 3.35. The molecule has 0 aromatic carbocycles. The van der Waals surface area contributed by atoms with Crippen LogP contribution in [-0.2, 0) is 4.79 Å². The zero-order valence-corrected chi connectivity index (χ0v) is 12.2. The van der Waals surface area contributed by atoms with Gasteiger partial charge in [-0.05, 0) is 19.9 Å². The van der Waals surface area contributed by atoms with E-state index in [0.29, 0.717) is 0 Å². The van der Waals surface area contributed by atoms with Gasteiger partial charge in [-0.3, -0.25) is 4.79 Å². The van der Waals surface area contributed by atoms with Gasteiger partial charge >= 0.3 is 5.97 Å². The number of carboxylic acids is 1. The Morgan fingerprint density at radius 2 is 1.39 bits per heavy atom.